The summed E-state index contributed by atoms with van der Waals surface area (Å²) >= 11 is 1.36. The van der Waals surface area contributed by atoms with E-state index in [1.54, 1.807) is 13.2 Å². The Hall–Kier alpha value is -0.510. The maximum Gasteiger partial charge on any atom is 0.246 e. The Morgan fingerprint density at radius 1 is 1.78 bits per heavy atom. The third kappa shape index (κ3) is 1.24. The highest BCUT2D eigenvalue weighted by Gasteiger charge is 2.02. The molecule has 0 spiro atoms. The van der Waals surface area contributed by atoms with Crippen molar-refractivity contribution in [1.29, 1.82) is 0 Å². The van der Waals surface area contributed by atoms with Crippen LogP contribution in [0.5, 0.6) is 0 Å². The molecular formula is C5H7FN2S. The van der Waals surface area contributed by atoms with E-state index in [1.165, 1.54) is 16.4 Å². The monoisotopic (exact) mass is 146 g/mol. The summed E-state index contributed by atoms with van der Waals surface area (Å²) in [7, 11) is 1.70. The van der Waals surface area contributed by atoms with Crippen LogP contribution in [0.4, 0.5) is 4.39 Å². The lowest BCUT2D eigenvalue weighted by molar-refractivity contribution is 0.539. The zero-order chi connectivity index (χ0) is 6.85. The molecule has 0 N–H and O–H groups in total. The third-order valence-electron chi connectivity index (χ3n) is 0.973. The van der Waals surface area contributed by atoms with Crippen LogP contribution in [0.1, 0.15) is 0 Å². The molecule has 0 amide bonds. The second kappa shape index (κ2) is 2.39. The molecule has 0 aliphatic carbocycles. The Labute approximate surface area is 57.1 Å². The topological polar surface area (TPSA) is 17.8 Å². The molecule has 0 fully saturated rings. The molecule has 9 heavy (non-hydrogen) atoms. The number of halogens is 1. The fourth-order valence-electron chi connectivity index (χ4n) is 0.577. The summed E-state index contributed by atoms with van der Waals surface area (Å²) in [6.07, 6.45) is 3.47. The normalized spacial score (nSPS) is 10.1. The Morgan fingerprint density at radius 3 is 2.67 bits per heavy atom. The second-order valence-electron chi connectivity index (χ2n) is 1.66. The second-order valence-corrected chi connectivity index (χ2v) is 2.51. The molecule has 1 rings (SSSR count). The third-order valence-corrected chi connectivity index (χ3v) is 1.69. The van der Waals surface area contributed by atoms with Crippen LogP contribution in [0.2, 0.25) is 0 Å². The van der Waals surface area contributed by atoms with Gasteiger partial charge in [0.05, 0.1) is 4.90 Å². The van der Waals surface area contributed by atoms with Crippen LogP contribution in [0.25, 0.3) is 0 Å². The Morgan fingerprint density at radius 2 is 2.44 bits per heavy atom. The molecule has 1 aromatic heterocycles. The average Bonchev–Trinajstić information content (AvgIpc) is 2.10. The van der Waals surface area contributed by atoms with E-state index in [-0.39, 0.29) is 5.95 Å². The molecule has 1 aromatic rings. The fraction of sp³-hybridized carbons (Fsp3) is 0.400. The molecule has 2 nitrogen and oxygen atoms in total. The summed E-state index contributed by atoms with van der Waals surface area (Å²) in [5.74, 6) is -0.384. The van der Waals surface area contributed by atoms with E-state index in [9.17, 15) is 4.39 Å². The quantitative estimate of drug-likeness (QED) is 0.555. The standard InChI is InChI=1S/C5H7FN2S/c1-8-3-4(9-2)5(6)7-8/h3H,1-2H3. The first-order valence-corrected chi connectivity index (χ1v) is 3.69. The minimum Gasteiger partial charge on any atom is -0.272 e. The zero-order valence-electron chi connectivity index (χ0n) is 5.26. The summed E-state index contributed by atoms with van der Waals surface area (Å²) < 4.78 is 13.9. The largest absolute Gasteiger partial charge is 0.272 e. The lowest BCUT2D eigenvalue weighted by atomic mass is 10.7. The highest BCUT2D eigenvalue weighted by atomic mass is 32.2. The molecule has 4 heteroatoms. The van der Waals surface area contributed by atoms with E-state index in [2.05, 4.69) is 5.10 Å². The van der Waals surface area contributed by atoms with Gasteiger partial charge >= 0.3 is 0 Å². The molecule has 0 aliphatic heterocycles. The van der Waals surface area contributed by atoms with E-state index in [0.29, 0.717) is 4.90 Å². The Kier molecular flexibility index (Phi) is 1.75. The average molecular weight is 146 g/mol. The number of hydrogen-bond donors (Lipinski definition) is 0. The van der Waals surface area contributed by atoms with Crippen molar-refractivity contribution in [1.82, 2.24) is 9.78 Å². The molecule has 50 valence electrons. The Balaban J connectivity index is 3.01. The van der Waals surface area contributed by atoms with Crippen molar-refractivity contribution >= 4 is 11.8 Å². The van der Waals surface area contributed by atoms with Gasteiger partial charge in [-0.1, -0.05) is 0 Å². The molecule has 1 heterocycles. The highest BCUT2D eigenvalue weighted by molar-refractivity contribution is 7.98. The zero-order valence-corrected chi connectivity index (χ0v) is 6.07. The summed E-state index contributed by atoms with van der Waals surface area (Å²) in [4.78, 5) is 0.595. The van der Waals surface area contributed by atoms with E-state index in [4.69, 9.17) is 0 Å². The predicted molar refractivity (Wildman–Crippen MR) is 34.9 cm³/mol. The van der Waals surface area contributed by atoms with Gasteiger partial charge in [-0.3, -0.25) is 4.68 Å². The van der Waals surface area contributed by atoms with Crippen LogP contribution >= 0.6 is 11.8 Å². The summed E-state index contributed by atoms with van der Waals surface area (Å²) in [5.41, 5.74) is 0. The molecule has 0 radical (unpaired) electrons. The lowest BCUT2D eigenvalue weighted by Crippen LogP contribution is -1.86. The first-order chi connectivity index (χ1) is 4.24. The molecule has 0 saturated carbocycles. The van der Waals surface area contributed by atoms with Crippen LogP contribution in [0, 0.1) is 5.95 Å². The molecule has 0 aliphatic rings. The predicted octanol–water partition coefficient (Wildman–Crippen LogP) is 1.28. The maximum absolute atomic E-state index is 12.5. The molecule has 0 unspecified atom stereocenters. The van der Waals surface area contributed by atoms with Gasteiger partial charge in [-0.25, -0.2) is 0 Å². The number of aromatic nitrogens is 2. The van der Waals surface area contributed by atoms with Crippen molar-refractivity contribution in [3.05, 3.63) is 12.1 Å². The van der Waals surface area contributed by atoms with Gasteiger partial charge in [0.1, 0.15) is 0 Å². The van der Waals surface area contributed by atoms with E-state index >= 15 is 0 Å². The van der Waals surface area contributed by atoms with Crippen molar-refractivity contribution in [2.24, 2.45) is 7.05 Å². The van der Waals surface area contributed by atoms with Gasteiger partial charge in [-0.2, -0.15) is 4.39 Å². The van der Waals surface area contributed by atoms with E-state index in [1.807, 2.05) is 6.26 Å². The molecular weight excluding hydrogens is 139 g/mol. The number of aryl methyl sites for hydroxylation is 1. The van der Waals surface area contributed by atoms with Crippen LogP contribution in [-0.2, 0) is 7.05 Å². The van der Waals surface area contributed by atoms with Gasteiger partial charge in [-0.15, -0.1) is 16.9 Å². The minimum atomic E-state index is -0.384. The number of hydrogen-bond acceptors (Lipinski definition) is 2. The first-order valence-electron chi connectivity index (χ1n) is 2.47. The number of thioether (sulfide) groups is 1. The van der Waals surface area contributed by atoms with Crippen LogP contribution in [-0.4, -0.2) is 16.0 Å². The first kappa shape index (κ1) is 6.61. The van der Waals surface area contributed by atoms with Crippen LogP contribution in [0.15, 0.2) is 11.1 Å². The maximum atomic E-state index is 12.5. The number of rotatable bonds is 1. The van der Waals surface area contributed by atoms with Crippen molar-refractivity contribution < 1.29 is 4.39 Å². The van der Waals surface area contributed by atoms with E-state index in [0.717, 1.165) is 0 Å². The molecule has 0 bridgehead atoms. The highest BCUT2D eigenvalue weighted by Crippen LogP contribution is 2.15. The van der Waals surface area contributed by atoms with Crippen molar-refractivity contribution in [3.8, 4) is 0 Å². The van der Waals surface area contributed by atoms with Gasteiger partial charge in [0.2, 0.25) is 5.95 Å². The summed E-state index contributed by atoms with van der Waals surface area (Å²) in [5, 5.41) is 3.51. The van der Waals surface area contributed by atoms with Gasteiger partial charge in [0.25, 0.3) is 0 Å². The SMILES string of the molecule is CSc1cn(C)nc1F. The summed E-state index contributed by atoms with van der Waals surface area (Å²) in [6.45, 7) is 0. The minimum absolute atomic E-state index is 0.384. The lowest BCUT2D eigenvalue weighted by Gasteiger charge is -1.82. The van der Waals surface area contributed by atoms with Crippen molar-refractivity contribution in [2.45, 2.75) is 4.90 Å². The fourth-order valence-corrected chi connectivity index (χ4v) is 1.04. The molecule has 0 atom stereocenters. The van der Waals surface area contributed by atoms with Gasteiger partial charge < -0.3 is 0 Å². The van der Waals surface area contributed by atoms with Crippen LogP contribution < -0.4 is 0 Å². The van der Waals surface area contributed by atoms with Crippen LogP contribution in [0.3, 0.4) is 0 Å². The number of nitrogens with zero attached hydrogens (tertiary/aromatic N) is 2. The van der Waals surface area contributed by atoms with Gasteiger partial charge in [0.15, 0.2) is 0 Å². The van der Waals surface area contributed by atoms with Crippen molar-refractivity contribution in [3.63, 3.8) is 0 Å². The van der Waals surface area contributed by atoms with Gasteiger partial charge in [-0.05, 0) is 6.26 Å². The smallest absolute Gasteiger partial charge is 0.246 e. The molecule has 0 aromatic carbocycles. The van der Waals surface area contributed by atoms with Crippen molar-refractivity contribution in [2.75, 3.05) is 6.26 Å². The molecule has 0 saturated heterocycles. The summed E-state index contributed by atoms with van der Waals surface area (Å²) in [6, 6.07) is 0. The van der Waals surface area contributed by atoms with E-state index < -0.39 is 0 Å². The van der Waals surface area contributed by atoms with Gasteiger partial charge in [0, 0.05) is 13.2 Å². The Bertz CT molecular complexity index is 209.